The molecule has 0 bridgehead atoms. The van der Waals surface area contributed by atoms with E-state index in [1.54, 1.807) is 42.5 Å². The average Bonchev–Trinajstić information content (AvgIpc) is 2.61. The van der Waals surface area contributed by atoms with Gasteiger partial charge in [0.2, 0.25) is 0 Å². The lowest BCUT2D eigenvalue weighted by Gasteiger charge is -2.06. The topological polar surface area (TPSA) is 54.9 Å². The van der Waals surface area contributed by atoms with E-state index in [4.69, 9.17) is 11.6 Å². The normalized spacial score (nSPS) is 10.4. The largest absolute Gasteiger partial charge is 0.346 e. The molecule has 0 radical (unpaired) electrons. The first-order valence-electron chi connectivity index (χ1n) is 7.22. The van der Waals surface area contributed by atoms with Crippen LogP contribution in [0.5, 0.6) is 0 Å². The summed E-state index contributed by atoms with van der Waals surface area (Å²) >= 11 is 5.80. The number of nitrogens with one attached hydrogen (secondary N) is 1. The second kappa shape index (κ2) is 7.19. The minimum Gasteiger partial charge on any atom is -0.346 e. The molecule has 4 nitrogen and oxygen atoms in total. The van der Waals surface area contributed by atoms with Crippen molar-refractivity contribution in [1.29, 1.82) is 0 Å². The number of amides is 1. The van der Waals surface area contributed by atoms with Crippen molar-refractivity contribution in [2.45, 2.75) is 6.54 Å². The lowest BCUT2D eigenvalue weighted by molar-refractivity contribution is 0.0950. The summed E-state index contributed by atoms with van der Waals surface area (Å²) in [6.07, 6.45) is 1.42. The van der Waals surface area contributed by atoms with Gasteiger partial charge in [-0.2, -0.15) is 0 Å². The van der Waals surface area contributed by atoms with Crippen molar-refractivity contribution in [2.75, 3.05) is 0 Å². The summed E-state index contributed by atoms with van der Waals surface area (Å²) in [7, 11) is 0. The Kier molecular flexibility index (Phi) is 4.82. The molecule has 0 spiro atoms. The molecule has 0 aliphatic carbocycles. The minimum atomic E-state index is -0.303. The van der Waals surface area contributed by atoms with Gasteiger partial charge in [-0.15, -0.1) is 0 Å². The van der Waals surface area contributed by atoms with Gasteiger partial charge in [0.25, 0.3) is 5.91 Å². The number of nitrogens with zero attached hydrogens (tertiary/aromatic N) is 2. The van der Waals surface area contributed by atoms with Crippen LogP contribution in [0.4, 0.5) is 4.39 Å². The van der Waals surface area contributed by atoms with Crippen LogP contribution in [-0.4, -0.2) is 15.9 Å². The Labute approximate surface area is 143 Å². The van der Waals surface area contributed by atoms with Gasteiger partial charge in [0.05, 0.1) is 17.9 Å². The van der Waals surface area contributed by atoms with Crippen LogP contribution in [0.2, 0.25) is 5.02 Å². The second-order valence-electron chi connectivity index (χ2n) is 5.09. The second-order valence-corrected chi connectivity index (χ2v) is 5.53. The first-order chi connectivity index (χ1) is 11.6. The SMILES string of the molecule is O=C(NCc1cc(-c2ccc(F)cc2)ncn1)c1ccc(Cl)cc1. The molecule has 1 N–H and O–H groups in total. The van der Waals surface area contributed by atoms with Crippen LogP contribution in [0.1, 0.15) is 16.1 Å². The van der Waals surface area contributed by atoms with Crippen LogP contribution in [0.3, 0.4) is 0 Å². The van der Waals surface area contributed by atoms with Crippen molar-refractivity contribution in [3.8, 4) is 11.3 Å². The van der Waals surface area contributed by atoms with Crippen molar-refractivity contribution in [1.82, 2.24) is 15.3 Å². The van der Waals surface area contributed by atoms with Crippen LogP contribution >= 0.6 is 11.6 Å². The number of halogens is 2. The Morgan fingerprint density at radius 3 is 2.46 bits per heavy atom. The van der Waals surface area contributed by atoms with E-state index < -0.39 is 0 Å². The summed E-state index contributed by atoms with van der Waals surface area (Å²) in [6.45, 7) is 0.262. The molecule has 1 heterocycles. The maximum Gasteiger partial charge on any atom is 0.251 e. The molecule has 1 aromatic heterocycles. The van der Waals surface area contributed by atoms with Crippen LogP contribution in [0, 0.1) is 5.82 Å². The molecule has 3 aromatic rings. The van der Waals surface area contributed by atoms with E-state index in [9.17, 15) is 9.18 Å². The molecule has 0 aliphatic heterocycles. The van der Waals surface area contributed by atoms with E-state index in [1.165, 1.54) is 18.5 Å². The van der Waals surface area contributed by atoms with E-state index in [0.717, 1.165) is 5.56 Å². The summed E-state index contributed by atoms with van der Waals surface area (Å²) < 4.78 is 13.0. The predicted octanol–water partition coefficient (Wildman–Crippen LogP) is 3.87. The molecule has 120 valence electrons. The molecule has 3 rings (SSSR count). The van der Waals surface area contributed by atoms with E-state index >= 15 is 0 Å². The van der Waals surface area contributed by atoms with Crippen LogP contribution in [0.15, 0.2) is 60.9 Å². The number of benzene rings is 2. The zero-order valence-corrected chi connectivity index (χ0v) is 13.3. The highest BCUT2D eigenvalue weighted by Crippen LogP contribution is 2.17. The third-order valence-corrected chi connectivity index (χ3v) is 3.65. The monoisotopic (exact) mass is 341 g/mol. The molecule has 6 heteroatoms. The molecule has 0 fully saturated rings. The van der Waals surface area contributed by atoms with Crippen molar-refractivity contribution in [3.05, 3.63) is 83.0 Å². The molecule has 2 aromatic carbocycles. The Balaban J connectivity index is 1.69. The zero-order valence-electron chi connectivity index (χ0n) is 12.5. The van der Waals surface area contributed by atoms with E-state index in [1.807, 2.05) is 0 Å². The predicted molar refractivity (Wildman–Crippen MR) is 90.0 cm³/mol. The fourth-order valence-corrected chi connectivity index (χ4v) is 2.27. The van der Waals surface area contributed by atoms with Gasteiger partial charge < -0.3 is 5.32 Å². The number of aromatic nitrogens is 2. The van der Waals surface area contributed by atoms with Gasteiger partial charge in [0.15, 0.2) is 0 Å². The standard InChI is InChI=1S/C18H13ClFN3O/c19-14-5-1-13(2-6-14)18(24)21-10-16-9-17(23-11-22-16)12-3-7-15(20)8-4-12/h1-9,11H,10H2,(H,21,24). The van der Waals surface area contributed by atoms with Gasteiger partial charge in [-0.05, 0) is 54.6 Å². The summed E-state index contributed by atoms with van der Waals surface area (Å²) in [5.74, 6) is -0.517. The molecule has 0 atom stereocenters. The van der Waals surface area contributed by atoms with Gasteiger partial charge in [-0.1, -0.05) is 11.6 Å². The Morgan fingerprint density at radius 1 is 1.04 bits per heavy atom. The highest BCUT2D eigenvalue weighted by Gasteiger charge is 2.07. The lowest BCUT2D eigenvalue weighted by atomic mass is 10.1. The molecular formula is C18H13ClFN3O. The summed E-state index contributed by atoms with van der Waals surface area (Å²) in [4.78, 5) is 20.4. The van der Waals surface area contributed by atoms with Crippen molar-refractivity contribution in [2.24, 2.45) is 0 Å². The molecule has 0 saturated carbocycles. The molecule has 0 saturated heterocycles. The van der Waals surface area contributed by atoms with Gasteiger partial charge >= 0.3 is 0 Å². The van der Waals surface area contributed by atoms with E-state index in [-0.39, 0.29) is 18.3 Å². The van der Waals surface area contributed by atoms with Crippen LogP contribution in [0.25, 0.3) is 11.3 Å². The smallest absolute Gasteiger partial charge is 0.251 e. The fourth-order valence-electron chi connectivity index (χ4n) is 2.15. The summed E-state index contributed by atoms with van der Waals surface area (Å²) in [5.41, 5.74) is 2.63. The number of carbonyl (C=O) groups is 1. The molecule has 24 heavy (non-hydrogen) atoms. The highest BCUT2D eigenvalue weighted by molar-refractivity contribution is 6.30. The molecule has 1 amide bonds. The molecule has 0 aliphatic rings. The Bertz CT molecular complexity index is 851. The quantitative estimate of drug-likeness (QED) is 0.783. The maximum atomic E-state index is 13.0. The van der Waals surface area contributed by atoms with Crippen LogP contribution in [-0.2, 0) is 6.54 Å². The summed E-state index contributed by atoms with van der Waals surface area (Å²) in [5, 5.41) is 3.37. The third kappa shape index (κ3) is 3.94. The first kappa shape index (κ1) is 16.1. The van der Waals surface area contributed by atoms with E-state index in [0.29, 0.717) is 22.0 Å². The fraction of sp³-hybridized carbons (Fsp3) is 0.0556. The summed E-state index contributed by atoms with van der Waals surface area (Å²) in [6, 6.07) is 14.4. The van der Waals surface area contributed by atoms with Crippen molar-refractivity contribution >= 4 is 17.5 Å². The minimum absolute atomic E-state index is 0.214. The molecular weight excluding hydrogens is 329 g/mol. The third-order valence-electron chi connectivity index (χ3n) is 3.40. The number of rotatable bonds is 4. The first-order valence-corrected chi connectivity index (χ1v) is 7.60. The van der Waals surface area contributed by atoms with Gasteiger partial charge in [0, 0.05) is 16.1 Å². The number of carbonyl (C=O) groups excluding carboxylic acids is 1. The maximum absolute atomic E-state index is 13.0. The van der Waals surface area contributed by atoms with Crippen molar-refractivity contribution in [3.63, 3.8) is 0 Å². The Hall–Kier alpha value is -2.79. The average molecular weight is 342 g/mol. The van der Waals surface area contributed by atoms with Crippen LogP contribution < -0.4 is 5.32 Å². The number of hydrogen-bond donors (Lipinski definition) is 1. The van der Waals surface area contributed by atoms with Crippen molar-refractivity contribution < 1.29 is 9.18 Å². The lowest BCUT2D eigenvalue weighted by Crippen LogP contribution is -2.23. The van der Waals surface area contributed by atoms with E-state index in [2.05, 4.69) is 15.3 Å². The van der Waals surface area contributed by atoms with Gasteiger partial charge in [0.1, 0.15) is 12.1 Å². The van der Waals surface area contributed by atoms with Gasteiger partial charge in [-0.3, -0.25) is 4.79 Å². The number of hydrogen-bond acceptors (Lipinski definition) is 3. The zero-order chi connectivity index (χ0) is 16.9. The Morgan fingerprint density at radius 2 is 1.75 bits per heavy atom. The molecule has 0 unspecified atom stereocenters. The highest BCUT2D eigenvalue weighted by atomic mass is 35.5. The van der Waals surface area contributed by atoms with Gasteiger partial charge in [-0.25, -0.2) is 14.4 Å².